The lowest BCUT2D eigenvalue weighted by atomic mass is 10.2. The van der Waals surface area contributed by atoms with E-state index >= 15 is 0 Å². The zero-order valence-electron chi connectivity index (χ0n) is 4.69. The molecule has 0 unspecified atom stereocenters. The van der Waals surface area contributed by atoms with E-state index < -0.39 is 0 Å². The Labute approximate surface area is 57.9 Å². The summed E-state index contributed by atoms with van der Waals surface area (Å²) in [4.78, 5) is 10.2. The number of unbranched alkanes of at least 4 members (excludes halogenated alkanes) is 1. The van der Waals surface area contributed by atoms with Gasteiger partial charge in [-0.15, -0.1) is 6.58 Å². The van der Waals surface area contributed by atoms with Crippen LogP contribution in [0.3, 0.4) is 0 Å². The highest BCUT2D eigenvalue weighted by molar-refractivity contribution is 9.18. The van der Waals surface area contributed by atoms with E-state index in [0.717, 1.165) is 12.8 Å². The lowest BCUT2D eigenvalue weighted by Crippen LogP contribution is -1.82. The zero-order chi connectivity index (χ0) is 6.41. The van der Waals surface area contributed by atoms with Crippen molar-refractivity contribution in [2.24, 2.45) is 0 Å². The van der Waals surface area contributed by atoms with Crippen LogP contribution >= 0.6 is 15.9 Å². The predicted molar refractivity (Wildman–Crippen MR) is 38.0 cm³/mol. The van der Waals surface area contributed by atoms with Gasteiger partial charge in [0.15, 0.2) is 4.69 Å². The summed E-state index contributed by atoms with van der Waals surface area (Å²) in [6.07, 6.45) is 4.27. The third-order valence-electron chi connectivity index (χ3n) is 0.782. The van der Waals surface area contributed by atoms with Gasteiger partial charge in [-0.05, 0) is 28.8 Å². The molecule has 0 aromatic heterocycles. The first kappa shape index (κ1) is 7.89. The molecular formula is C6H9BrO. The molecule has 0 saturated carbocycles. The van der Waals surface area contributed by atoms with Crippen LogP contribution in [0.15, 0.2) is 12.7 Å². The van der Waals surface area contributed by atoms with Crippen LogP contribution < -0.4 is 0 Å². The molecule has 0 aliphatic rings. The van der Waals surface area contributed by atoms with Crippen molar-refractivity contribution in [3.63, 3.8) is 0 Å². The quantitative estimate of drug-likeness (QED) is 0.365. The van der Waals surface area contributed by atoms with Crippen molar-refractivity contribution >= 4 is 20.6 Å². The molecule has 0 bridgehead atoms. The van der Waals surface area contributed by atoms with Gasteiger partial charge in [-0.1, -0.05) is 6.08 Å². The Bertz CT molecular complexity index is 88.5. The van der Waals surface area contributed by atoms with Crippen LogP contribution in [0.5, 0.6) is 0 Å². The van der Waals surface area contributed by atoms with Crippen LogP contribution in [0, 0.1) is 0 Å². The summed E-state index contributed by atoms with van der Waals surface area (Å²) < 4.78 is 0.0827. The van der Waals surface area contributed by atoms with Gasteiger partial charge in [0.05, 0.1) is 0 Å². The van der Waals surface area contributed by atoms with E-state index in [1.165, 1.54) is 0 Å². The molecule has 0 atom stereocenters. The van der Waals surface area contributed by atoms with Gasteiger partial charge in [0, 0.05) is 6.42 Å². The number of halogens is 1. The average Bonchev–Trinajstić information content (AvgIpc) is 1.66. The monoisotopic (exact) mass is 176 g/mol. The van der Waals surface area contributed by atoms with Crippen LogP contribution in [-0.2, 0) is 4.79 Å². The van der Waals surface area contributed by atoms with Gasteiger partial charge in [-0.25, -0.2) is 0 Å². The minimum Gasteiger partial charge on any atom is -0.287 e. The Morgan fingerprint density at radius 1 is 1.75 bits per heavy atom. The van der Waals surface area contributed by atoms with Crippen LogP contribution in [-0.4, -0.2) is 4.69 Å². The fourth-order valence-electron chi connectivity index (χ4n) is 0.385. The summed E-state index contributed by atoms with van der Waals surface area (Å²) in [5.74, 6) is 0. The first-order chi connectivity index (χ1) is 3.77. The predicted octanol–water partition coefficient (Wildman–Crippen LogP) is 2.26. The summed E-state index contributed by atoms with van der Waals surface area (Å²) in [7, 11) is 0. The van der Waals surface area contributed by atoms with E-state index in [2.05, 4.69) is 22.5 Å². The van der Waals surface area contributed by atoms with Gasteiger partial charge >= 0.3 is 0 Å². The average molecular weight is 177 g/mol. The Morgan fingerprint density at radius 3 is 2.75 bits per heavy atom. The number of rotatable bonds is 4. The first-order valence-electron chi connectivity index (χ1n) is 2.56. The summed E-state index contributed by atoms with van der Waals surface area (Å²) in [5, 5.41) is 0. The van der Waals surface area contributed by atoms with E-state index in [0.29, 0.717) is 6.42 Å². The van der Waals surface area contributed by atoms with E-state index in [-0.39, 0.29) is 4.69 Å². The maximum absolute atomic E-state index is 10.2. The molecule has 8 heavy (non-hydrogen) atoms. The maximum Gasteiger partial charge on any atom is 0.197 e. The molecule has 0 aromatic carbocycles. The second-order valence-corrected chi connectivity index (χ2v) is 2.42. The number of carbonyl (C=O) groups excluding carboxylic acids is 1. The summed E-state index contributed by atoms with van der Waals surface area (Å²) in [6, 6.07) is 0. The summed E-state index contributed by atoms with van der Waals surface area (Å²) in [5.41, 5.74) is 0. The highest BCUT2D eigenvalue weighted by Gasteiger charge is 1.90. The highest BCUT2D eigenvalue weighted by atomic mass is 79.9. The van der Waals surface area contributed by atoms with Crippen molar-refractivity contribution in [3.05, 3.63) is 12.7 Å². The molecule has 0 saturated heterocycles. The Kier molecular flexibility index (Phi) is 4.97. The maximum atomic E-state index is 10.2. The summed E-state index contributed by atoms with van der Waals surface area (Å²) in [6.45, 7) is 3.53. The lowest BCUT2D eigenvalue weighted by Gasteiger charge is -1.86. The standard InChI is InChI=1S/C6H9BrO/c1-2-3-4-5-6(7)8/h2H,1,3-5H2. The fourth-order valence-corrected chi connectivity index (χ4v) is 0.666. The molecule has 0 aliphatic heterocycles. The van der Waals surface area contributed by atoms with E-state index in [9.17, 15) is 4.79 Å². The second kappa shape index (κ2) is 5.04. The molecule has 0 rings (SSSR count). The molecule has 1 nitrogen and oxygen atoms in total. The molecule has 0 fully saturated rings. The van der Waals surface area contributed by atoms with Crippen molar-refractivity contribution in [2.75, 3.05) is 0 Å². The second-order valence-electron chi connectivity index (χ2n) is 1.54. The third-order valence-corrected chi connectivity index (χ3v) is 1.18. The van der Waals surface area contributed by atoms with Crippen LogP contribution in [0.25, 0.3) is 0 Å². The Hall–Kier alpha value is -0.110. The molecule has 0 amide bonds. The van der Waals surface area contributed by atoms with Crippen molar-refractivity contribution in [1.29, 1.82) is 0 Å². The van der Waals surface area contributed by atoms with E-state index in [1.807, 2.05) is 6.08 Å². The van der Waals surface area contributed by atoms with Gasteiger partial charge in [-0.3, -0.25) is 4.79 Å². The van der Waals surface area contributed by atoms with Crippen LogP contribution in [0.4, 0.5) is 0 Å². The normalized spacial score (nSPS) is 8.62. The fraction of sp³-hybridized carbons (Fsp3) is 0.500. The molecule has 2 heteroatoms. The van der Waals surface area contributed by atoms with Gasteiger partial charge in [0.2, 0.25) is 0 Å². The molecule has 0 aliphatic carbocycles. The molecule has 0 N–H and O–H groups in total. The molecule has 0 radical (unpaired) electrons. The number of allylic oxidation sites excluding steroid dienone is 1. The lowest BCUT2D eigenvalue weighted by molar-refractivity contribution is -0.110. The Balaban J connectivity index is 2.93. The van der Waals surface area contributed by atoms with Crippen molar-refractivity contribution < 1.29 is 4.79 Å². The number of hydrogen-bond acceptors (Lipinski definition) is 1. The SMILES string of the molecule is C=CCCCC(=O)Br. The van der Waals surface area contributed by atoms with E-state index in [1.54, 1.807) is 0 Å². The van der Waals surface area contributed by atoms with Crippen molar-refractivity contribution in [1.82, 2.24) is 0 Å². The molecular weight excluding hydrogens is 168 g/mol. The highest BCUT2D eigenvalue weighted by Crippen LogP contribution is 1.99. The van der Waals surface area contributed by atoms with Gasteiger partial charge in [-0.2, -0.15) is 0 Å². The topological polar surface area (TPSA) is 17.1 Å². The first-order valence-corrected chi connectivity index (χ1v) is 3.36. The molecule has 0 spiro atoms. The summed E-state index contributed by atoms with van der Waals surface area (Å²) >= 11 is 2.83. The number of carbonyl (C=O) groups is 1. The Morgan fingerprint density at radius 2 is 2.38 bits per heavy atom. The van der Waals surface area contributed by atoms with Gasteiger partial charge < -0.3 is 0 Å². The number of hydrogen-bond donors (Lipinski definition) is 0. The van der Waals surface area contributed by atoms with Crippen LogP contribution in [0.2, 0.25) is 0 Å². The minimum absolute atomic E-state index is 0.0827. The zero-order valence-corrected chi connectivity index (χ0v) is 6.28. The van der Waals surface area contributed by atoms with Gasteiger partial charge in [0.25, 0.3) is 0 Å². The van der Waals surface area contributed by atoms with Crippen molar-refractivity contribution in [2.45, 2.75) is 19.3 Å². The smallest absolute Gasteiger partial charge is 0.197 e. The van der Waals surface area contributed by atoms with Gasteiger partial charge in [0.1, 0.15) is 0 Å². The largest absolute Gasteiger partial charge is 0.287 e. The van der Waals surface area contributed by atoms with E-state index in [4.69, 9.17) is 0 Å². The molecule has 46 valence electrons. The third kappa shape index (κ3) is 5.89. The molecule has 0 heterocycles. The minimum atomic E-state index is 0.0827. The van der Waals surface area contributed by atoms with Crippen molar-refractivity contribution in [3.8, 4) is 0 Å². The molecule has 0 aromatic rings. The van der Waals surface area contributed by atoms with Crippen LogP contribution in [0.1, 0.15) is 19.3 Å².